The predicted octanol–water partition coefficient (Wildman–Crippen LogP) is 2.15. The van der Waals surface area contributed by atoms with Gasteiger partial charge in [0.2, 0.25) is 0 Å². The van der Waals surface area contributed by atoms with Gasteiger partial charge in [0, 0.05) is 31.5 Å². The first-order valence-electron chi connectivity index (χ1n) is 5.76. The van der Waals surface area contributed by atoms with Crippen molar-refractivity contribution in [1.82, 2.24) is 4.90 Å². The van der Waals surface area contributed by atoms with Crippen molar-refractivity contribution in [1.29, 1.82) is 0 Å². The Bertz CT molecular complexity index is 477. The fourth-order valence-electron chi connectivity index (χ4n) is 1.94. The van der Waals surface area contributed by atoms with E-state index >= 15 is 0 Å². The Balaban J connectivity index is 2.13. The Morgan fingerprint density at radius 1 is 1.33 bits per heavy atom. The highest BCUT2D eigenvalue weighted by Crippen LogP contribution is 2.25. The molecule has 96 valence electrons. The highest BCUT2D eigenvalue weighted by molar-refractivity contribution is 6.32. The van der Waals surface area contributed by atoms with Crippen molar-refractivity contribution >= 4 is 23.3 Å². The van der Waals surface area contributed by atoms with E-state index in [0.717, 1.165) is 0 Å². The van der Waals surface area contributed by atoms with E-state index in [4.69, 9.17) is 16.3 Å². The molecule has 0 saturated carbocycles. The number of rotatable bonds is 2. The molecule has 4 nitrogen and oxygen atoms in total. The second-order valence-corrected chi connectivity index (χ2v) is 4.59. The monoisotopic (exact) mass is 267 g/mol. The van der Waals surface area contributed by atoms with Crippen LogP contribution in [0.3, 0.4) is 0 Å². The summed E-state index contributed by atoms with van der Waals surface area (Å²) in [5, 5.41) is 0.413. The zero-order valence-corrected chi connectivity index (χ0v) is 10.9. The number of carbonyl (C=O) groups is 2. The number of methoxy groups -OCH3 is 1. The van der Waals surface area contributed by atoms with E-state index in [-0.39, 0.29) is 11.7 Å². The molecule has 0 aromatic heterocycles. The molecule has 1 fully saturated rings. The van der Waals surface area contributed by atoms with E-state index in [1.54, 1.807) is 23.1 Å². The Morgan fingerprint density at radius 2 is 2.00 bits per heavy atom. The van der Waals surface area contributed by atoms with Crippen LogP contribution < -0.4 is 4.74 Å². The van der Waals surface area contributed by atoms with Gasteiger partial charge < -0.3 is 9.64 Å². The topological polar surface area (TPSA) is 46.6 Å². The van der Waals surface area contributed by atoms with Gasteiger partial charge in [-0.3, -0.25) is 9.59 Å². The average molecular weight is 268 g/mol. The largest absolute Gasteiger partial charge is 0.495 e. The molecular weight excluding hydrogens is 254 g/mol. The molecule has 1 heterocycles. The highest BCUT2D eigenvalue weighted by Gasteiger charge is 2.22. The summed E-state index contributed by atoms with van der Waals surface area (Å²) in [6.45, 7) is 0.975. The normalized spacial score (nSPS) is 15.7. The van der Waals surface area contributed by atoms with Crippen molar-refractivity contribution in [2.24, 2.45) is 0 Å². The molecule has 1 aliphatic heterocycles. The summed E-state index contributed by atoms with van der Waals surface area (Å²) in [6.07, 6.45) is 0.880. The maximum Gasteiger partial charge on any atom is 0.253 e. The number of hydrogen-bond donors (Lipinski definition) is 0. The van der Waals surface area contributed by atoms with Gasteiger partial charge in [-0.1, -0.05) is 11.6 Å². The molecule has 18 heavy (non-hydrogen) atoms. The standard InChI is InChI=1S/C13H14ClNO3/c1-18-12-3-2-9(8-11(12)14)13(17)15-6-4-10(16)5-7-15/h2-3,8H,4-7H2,1H3. The fourth-order valence-corrected chi connectivity index (χ4v) is 2.20. The minimum absolute atomic E-state index is 0.0907. The van der Waals surface area contributed by atoms with E-state index in [2.05, 4.69) is 0 Å². The van der Waals surface area contributed by atoms with Crippen LogP contribution in [-0.4, -0.2) is 36.8 Å². The number of ketones is 1. The molecule has 0 unspecified atom stereocenters. The molecule has 0 bridgehead atoms. The van der Waals surface area contributed by atoms with Crippen LogP contribution in [-0.2, 0) is 4.79 Å². The third-order valence-corrected chi connectivity index (χ3v) is 3.30. The lowest BCUT2D eigenvalue weighted by Crippen LogP contribution is -2.38. The van der Waals surface area contributed by atoms with Crippen molar-refractivity contribution in [3.05, 3.63) is 28.8 Å². The van der Waals surface area contributed by atoms with Crippen LogP contribution in [0.1, 0.15) is 23.2 Å². The molecule has 1 saturated heterocycles. The Labute approximate surface area is 110 Å². The third-order valence-electron chi connectivity index (χ3n) is 3.01. The summed E-state index contributed by atoms with van der Waals surface area (Å²) in [5.74, 6) is 0.668. The van der Waals surface area contributed by atoms with Crippen molar-refractivity contribution in [3.63, 3.8) is 0 Å². The lowest BCUT2D eigenvalue weighted by Gasteiger charge is -2.26. The lowest BCUT2D eigenvalue weighted by molar-refractivity contribution is -0.120. The molecule has 0 spiro atoms. The number of halogens is 1. The number of carbonyl (C=O) groups excluding carboxylic acids is 2. The zero-order valence-electron chi connectivity index (χ0n) is 10.1. The van der Waals surface area contributed by atoms with Crippen molar-refractivity contribution in [2.45, 2.75) is 12.8 Å². The van der Waals surface area contributed by atoms with E-state index in [9.17, 15) is 9.59 Å². The summed E-state index contributed by atoms with van der Waals surface area (Å²) in [4.78, 5) is 25.0. The van der Waals surface area contributed by atoms with Crippen LogP contribution in [0.4, 0.5) is 0 Å². The molecule has 5 heteroatoms. The summed E-state index contributed by atoms with van der Waals surface area (Å²) in [6, 6.07) is 4.95. The number of Topliss-reactive ketones (excluding diaryl/α,β-unsaturated/α-hetero) is 1. The first-order chi connectivity index (χ1) is 8.61. The quantitative estimate of drug-likeness (QED) is 0.825. The number of ether oxygens (including phenoxy) is 1. The van der Waals surface area contributed by atoms with Crippen LogP contribution in [0.25, 0.3) is 0 Å². The Morgan fingerprint density at radius 3 is 2.56 bits per heavy atom. The Kier molecular flexibility index (Phi) is 3.87. The number of hydrogen-bond acceptors (Lipinski definition) is 3. The van der Waals surface area contributed by atoms with E-state index in [0.29, 0.717) is 42.3 Å². The van der Waals surface area contributed by atoms with E-state index in [1.807, 2.05) is 0 Å². The number of benzene rings is 1. The van der Waals surface area contributed by atoms with Crippen LogP contribution in [0.2, 0.25) is 5.02 Å². The van der Waals surface area contributed by atoms with Gasteiger partial charge in [0.15, 0.2) is 0 Å². The highest BCUT2D eigenvalue weighted by atomic mass is 35.5. The number of amides is 1. The summed E-state index contributed by atoms with van der Waals surface area (Å²) in [7, 11) is 1.53. The maximum atomic E-state index is 12.2. The van der Waals surface area contributed by atoms with Crippen LogP contribution in [0.15, 0.2) is 18.2 Å². The number of piperidine rings is 1. The SMILES string of the molecule is COc1ccc(C(=O)N2CCC(=O)CC2)cc1Cl. The van der Waals surface area contributed by atoms with Crippen molar-refractivity contribution in [2.75, 3.05) is 20.2 Å². The second kappa shape index (κ2) is 5.40. The Hall–Kier alpha value is -1.55. The molecule has 0 radical (unpaired) electrons. The minimum atomic E-state index is -0.0907. The minimum Gasteiger partial charge on any atom is -0.495 e. The first kappa shape index (κ1) is 12.9. The van der Waals surface area contributed by atoms with Gasteiger partial charge >= 0.3 is 0 Å². The molecule has 1 amide bonds. The first-order valence-corrected chi connectivity index (χ1v) is 6.14. The van der Waals surface area contributed by atoms with Gasteiger partial charge in [0.25, 0.3) is 5.91 Å². The molecule has 1 aromatic carbocycles. The third kappa shape index (κ3) is 2.64. The number of likely N-dealkylation sites (tertiary alicyclic amines) is 1. The van der Waals surface area contributed by atoms with E-state index in [1.165, 1.54) is 7.11 Å². The van der Waals surface area contributed by atoms with Gasteiger partial charge in [0.05, 0.1) is 12.1 Å². The summed E-state index contributed by atoms with van der Waals surface area (Å²) >= 11 is 5.99. The van der Waals surface area contributed by atoms with Gasteiger partial charge in [0.1, 0.15) is 11.5 Å². The van der Waals surface area contributed by atoms with Gasteiger partial charge in [-0.15, -0.1) is 0 Å². The number of nitrogens with zero attached hydrogens (tertiary/aromatic N) is 1. The van der Waals surface area contributed by atoms with Crippen LogP contribution >= 0.6 is 11.6 Å². The summed E-state index contributed by atoms with van der Waals surface area (Å²) < 4.78 is 5.04. The van der Waals surface area contributed by atoms with Crippen LogP contribution in [0, 0.1) is 0 Å². The lowest BCUT2D eigenvalue weighted by atomic mass is 10.1. The van der Waals surface area contributed by atoms with Crippen molar-refractivity contribution in [3.8, 4) is 5.75 Å². The fraction of sp³-hybridized carbons (Fsp3) is 0.385. The van der Waals surface area contributed by atoms with Gasteiger partial charge in [-0.2, -0.15) is 0 Å². The molecule has 0 atom stereocenters. The average Bonchev–Trinajstić information content (AvgIpc) is 2.38. The molecular formula is C13H14ClNO3. The maximum absolute atomic E-state index is 12.2. The molecule has 0 N–H and O–H groups in total. The molecule has 1 aromatic rings. The van der Waals surface area contributed by atoms with Crippen LogP contribution in [0.5, 0.6) is 5.75 Å². The molecule has 2 rings (SSSR count). The second-order valence-electron chi connectivity index (χ2n) is 4.18. The molecule has 1 aliphatic rings. The van der Waals surface area contributed by atoms with Gasteiger partial charge in [-0.05, 0) is 18.2 Å². The van der Waals surface area contributed by atoms with Gasteiger partial charge in [-0.25, -0.2) is 0 Å². The zero-order chi connectivity index (χ0) is 13.1. The van der Waals surface area contributed by atoms with Crippen molar-refractivity contribution < 1.29 is 14.3 Å². The summed E-state index contributed by atoms with van der Waals surface area (Å²) in [5.41, 5.74) is 0.523. The molecule has 0 aliphatic carbocycles. The predicted molar refractivity (Wildman–Crippen MR) is 68.1 cm³/mol. The smallest absolute Gasteiger partial charge is 0.253 e. The van der Waals surface area contributed by atoms with E-state index < -0.39 is 0 Å².